The van der Waals surface area contributed by atoms with Crippen LogP contribution in [0.5, 0.6) is 5.75 Å². The van der Waals surface area contributed by atoms with Crippen molar-refractivity contribution in [2.75, 3.05) is 40.4 Å². The lowest BCUT2D eigenvalue weighted by molar-refractivity contribution is -0.156. The maximum absolute atomic E-state index is 14.9. The van der Waals surface area contributed by atoms with Crippen LogP contribution in [0.3, 0.4) is 0 Å². The highest BCUT2D eigenvalue weighted by Crippen LogP contribution is 2.62. The molecule has 4 fully saturated rings. The number of methoxy groups -OCH3 is 1. The third-order valence-corrected chi connectivity index (χ3v) is 15.5. The average Bonchev–Trinajstić information content (AvgIpc) is 4.21. The van der Waals surface area contributed by atoms with Gasteiger partial charge in [0.15, 0.2) is 0 Å². The molecule has 0 radical (unpaired) electrons. The zero-order valence-electron chi connectivity index (χ0n) is 41.4. The number of aromatic hydroxyl groups is 1. The number of hydrogen-bond donors (Lipinski definition) is 4. The summed E-state index contributed by atoms with van der Waals surface area (Å²) < 4.78 is 14.2. The van der Waals surface area contributed by atoms with E-state index in [1.54, 1.807) is 37.4 Å². The van der Waals surface area contributed by atoms with E-state index in [1.165, 1.54) is 9.91 Å². The number of hydrazine groups is 1. The first-order valence-corrected chi connectivity index (χ1v) is 24.7. The summed E-state index contributed by atoms with van der Waals surface area (Å²) >= 11 is 0. The van der Waals surface area contributed by atoms with Gasteiger partial charge in [0.25, 0.3) is 5.91 Å². The molecule has 0 unspecified atom stereocenters. The molecule has 69 heavy (non-hydrogen) atoms. The number of pyridine rings is 1. The molecular formula is C53H68N8O8. The molecule has 1 saturated carbocycles. The number of piperidine rings is 1. The first-order chi connectivity index (χ1) is 32.9. The van der Waals surface area contributed by atoms with Gasteiger partial charge in [-0.25, -0.2) is 5.43 Å². The Hall–Kier alpha value is -5.84. The predicted octanol–water partition coefficient (Wildman–Crippen LogP) is 5.14. The maximum atomic E-state index is 14.9. The maximum Gasteiger partial charge on any atom is 0.324 e. The number of likely N-dealkylation sites (tertiary alicyclic amines) is 1. The molecule has 9 rings (SSSR count). The van der Waals surface area contributed by atoms with Crippen molar-refractivity contribution in [3.8, 4) is 28.1 Å². The molecule has 8 atom stereocenters. The zero-order valence-corrected chi connectivity index (χ0v) is 41.4. The summed E-state index contributed by atoms with van der Waals surface area (Å²) in [6.07, 6.45) is 3.69. The Balaban J connectivity index is 1.11. The van der Waals surface area contributed by atoms with E-state index in [1.807, 2.05) is 45.9 Å². The highest BCUT2D eigenvalue weighted by atomic mass is 16.5. The molecule has 4 aliphatic heterocycles. The second-order valence-electron chi connectivity index (χ2n) is 21.1. The number of aromatic nitrogens is 2. The smallest absolute Gasteiger partial charge is 0.324 e. The van der Waals surface area contributed by atoms with Gasteiger partial charge in [-0.15, -0.1) is 0 Å². The monoisotopic (exact) mass is 945 g/mol. The zero-order chi connectivity index (χ0) is 49.3. The summed E-state index contributed by atoms with van der Waals surface area (Å²) in [4.78, 5) is 79.9. The largest absolute Gasteiger partial charge is 0.508 e. The van der Waals surface area contributed by atoms with Crippen molar-refractivity contribution in [3.05, 3.63) is 71.5 Å². The van der Waals surface area contributed by atoms with Gasteiger partial charge in [-0.1, -0.05) is 46.8 Å². The Kier molecular flexibility index (Phi) is 12.9. The van der Waals surface area contributed by atoms with Crippen LogP contribution in [-0.2, 0) is 52.8 Å². The first-order valence-electron chi connectivity index (χ1n) is 24.7. The van der Waals surface area contributed by atoms with Crippen molar-refractivity contribution in [3.63, 3.8) is 0 Å². The first kappa shape index (κ1) is 48.2. The number of esters is 1. The van der Waals surface area contributed by atoms with E-state index >= 15 is 0 Å². The van der Waals surface area contributed by atoms with Gasteiger partial charge in [-0.3, -0.25) is 34.0 Å². The molecule has 2 aromatic heterocycles. The molecule has 16 heteroatoms. The molecule has 4 N–H and O–H groups in total. The number of likely N-dealkylation sites (N-methyl/N-ethyl adjacent to an activating group) is 1. The Labute approximate surface area is 404 Å². The Morgan fingerprint density at radius 3 is 2.52 bits per heavy atom. The van der Waals surface area contributed by atoms with Gasteiger partial charge < -0.3 is 39.6 Å². The molecule has 5 aliphatic rings. The summed E-state index contributed by atoms with van der Waals surface area (Å²) in [5.74, 6) is -2.26. The molecule has 4 amide bonds. The number of benzene rings is 2. The van der Waals surface area contributed by atoms with Crippen molar-refractivity contribution < 1.29 is 38.6 Å². The fourth-order valence-corrected chi connectivity index (χ4v) is 11.8. The second kappa shape index (κ2) is 18.5. The van der Waals surface area contributed by atoms with E-state index in [-0.39, 0.29) is 67.0 Å². The summed E-state index contributed by atoms with van der Waals surface area (Å²) in [5.41, 5.74) is 8.56. The van der Waals surface area contributed by atoms with Crippen LogP contribution < -0.4 is 16.1 Å². The molecule has 2 aromatic carbocycles. The van der Waals surface area contributed by atoms with Crippen LogP contribution in [0, 0.1) is 23.2 Å². The number of nitrogens with one attached hydrogen (secondary N) is 3. The number of phenolic OH excluding ortho intramolecular Hbond substituents is 1. The van der Waals surface area contributed by atoms with Crippen molar-refractivity contribution in [2.45, 2.75) is 123 Å². The van der Waals surface area contributed by atoms with Crippen LogP contribution in [0.1, 0.15) is 90.7 Å². The number of carbonyl (C=O) groups excluding carboxylic acids is 5. The molecule has 6 bridgehead atoms. The highest BCUT2D eigenvalue weighted by Gasteiger charge is 2.75. The highest BCUT2D eigenvalue weighted by molar-refractivity contribution is 6.01. The SMILES string of the molecule is CCn1c(-c2cccnc2[C@H](C)OC)c2c3cc(ccc31)-c1cc(O)cc(c1)C[C@H](NC(=O)[C@H](C(C)C)N(C)C(=O)[C@]13[C@H](CCN1C(=O)[C@@H]1CN1)[C@@H]3C)C(=O)N1CCC[C@H](N1)C(=O)OCC(C)(C)C2. The van der Waals surface area contributed by atoms with Crippen molar-refractivity contribution >= 4 is 40.5 Å². The topological polar surface area (TPSA) is 198 Å². The van der Waals surface area contributed by atoms with E-state index in [2.05, 4.69) is 59.6 Å². The summed E-state index contributed by atoms with van der Waals surface area (Å²) in [6, 6.07) is 12.2. The molecular weight excluding hydrogens is 877 g/mol. The second-order valence-corrected chi connectivity index (χ2v) is 21.1. The number of cyclic esters (lactones) is 1. The van der Waals surface area contributed by atoms with E-state index in [9.17, 15) is 29.1 Å². The fourth-order valence-electron chi connectivity index (χ4n) is 11.8. The molecule has 3 saturated heterocycles. The van der Waals surface area contributed by atoms with Crippen molar-refractivity contribution in [1.29, 1.82) is 0 Å². The van der Waals surface area contributed by atoms with E-state index in [0.717, 1.165) is 51.0 Å². The van der Waals surface area contributed by atoms with Gasteiger partial charge in [0.05, 0.1) is 30.1 Å². The predicted molar refractivity (Wildman–Crippen MR) is 260 cm³/mol. The molecule has 16 nitrogen and oxygen atoms in total. The minimum atomic E-state index is -1.17. The molecule has 6 heterocycles. The minimum Gasteiger partial charge on any atom is -0.508 e. The Morgan fingerprint density at radius 1 is 1.06 bits per heavy atom. The third-order valence-electron chi connectivity index (χ3n) is 15.5. The van der Waals surface area contributed by atoms with Gasteiger partial charge in [0.2, 0.25) is 17.7 Å². The van der Waals surface area contributed by atoms with Crippen LogP contribution >= 0.6 is 0 Å². The lowest BCUT2D eigenvalue weighted by atomic mass is 9.84. The number of rotatable bonds is 10. The van der Waals surface area contributed by atoms with Crippen LogP contribution in [0.2, 0.25) is 0 Å². The number of hydrogen-bond acceptors (Lipinski definition) is 11. The number of carbonyl (C=O) groups is 5. The van der Waals surface area contributed by atoms with E-state index in [4.69, 9.17) is 14.5 Å². The molecule has 0 spiro atoms. The standard InChI is InChI=1S/C53H68N8O8/c1-10-59-43-16-15-33-25-37(43)38(46(59)36-13-11-18-54-44(36)31(5)68-9)26-52(6,7)28-69-50(66)40-14-12-19-61(57-40)49(65)41(23-32-21-34(33)24-35(62)22-32)56-47(63)45(29(2)3)58(8)51(67)53-30(4)39(53)17-20-60(53)48(64)42-27-55-42/h11,13,15-16,18,21-22,24-25,29-31,39-42,45,55,57,62H,10,12,14,17,19-20,23,26-28H2,1-9H3,(H,56,63)/t30-,31-,39+,40-,41-,42-,45-,53-/m0/s1. The van der Waals surface area contributed by atoms with Gasteiger partial charge in [0, 0.05) is 74.8 Å². The van der Waals surface area contributed by atoms with Crippen LogP contribution in [0.15, 0.2) is 54.7 Å². The molecule has 368 valence electrons. The Morgan fingerprint density at radius 2 is 1.83 bits per heavy atom. The lowest BCUT2D eigenvalue weighted by Crippen LogP contribution is -2.63. The van der Waals surface area contributed by atoms with E-state index < -0.39 is 46.9 Å². The van der Waals surface area contributed by atoms with Crippen LogP contribution in [0.25, 0.3) is 33.3 Å². The van der Waals surface area contributed by atoms with Gasteiger partial charge in [-0.05, 0) is 116 Å². The van der Waals surface area contributed by atoms with Crippen LogP contribution in [0.4, 0.5) is 0 Å². The van der Waals surface area contributed by atoms with Gasteiger partial charge in [0.1, 0.15) is 29.4 Å². The number of ether oxygens (including phenoxy) is 2. The lowest BCUT2D eigenvalue weighted by Gasteiger charge is -2.38. The number of phenols is 1. The van der Waals surface area contributed by atoms with Crippen molar-refractivity contribution in [2.24, 2.45) is 23.2 Å². The summed E-state index contributed by atoms with van der Waals surface area (Å²) in [5, 5.41) is 19.9. The minimum absolute atomic E-state index is 0.00449. The Bertz CT molecular complexity index is 2690. The summed E-state index contributed by atoms with van der Waals surface area (Å²) in [6.45, 7) is 16.1. The van der Waals surface area contributed by atoms with Crippen molar-refractivity contribution in [1.82, 2.24) is 40.4 Å². The van der Waals surface area contributed by atoms with Gasteiger partial charge >= 0.3 is 5.97 Å². The van der Waals surface area contributed by atoms with Gasteiger partial charge in [-0.2, -0.15) is 0 Å². The number of fused-ring (bicyclic) bond motifs is 7. The quantitative estimate of drug-likeness (QED) is 0.121. The fraction of sp³-hybridized carbons (Fsp3) is 0.547. The van der Waals surface area contributed by atoms with Crippen LogP contribution in [-0.4, -0.2) is 129 Å². The normalized spacial score (nSPS) is 26.2. The number of nitrogens with zero attached hydrogens (tertiary/aromatic N) is 5. The third kappa shape index (κ3) is 8.66. The number of amides is 4. The molecule has 4 aromatic rings. The summed E-state index contributed by atoms with van der Waals surface area (Å²) in [7, 11) is 3.29. The molecule has 1 aliphatic carbocycles. The van der Waals surface area contributed by atoms with E-state index in [0.29, 0.717) is 44.5 Å². The number of aryl methyl sites for hydroxylation is 1. The average molecular weight is 945 g/mol.